The lowest BCUT2D eigenvalue weighted by Crippen LogP contribution is -2.41. The molecular formula is C12H21ClN4. The molecule has 4 nitrogen and oxygen atoms in total. The van der Waals surface area contributed by atoms with Crippen molar-refractivity contribution in [2.45, 2.75) is 25.9 Å². The average molecular weight is 257 g/mol. The molecule has 0 bridgehead atoms. The van der Waals surface area contributed by atoms with Gasteiger partial charge in [0.05, 0.1) is 6.54 Å². The quantitative estimate of drug-likeness (QED) is 0.861. The Morgan fingerprint density at radius 3 is 3.18 bits per heavy atom. The van der Waals surface area contributed by atoms with Crippen molar-refractivity contribution < 1.29 is 0 Å². The zero-order chi connectivity index (χ0) is 10.8. The number of fused-ring (bicyclic) bond motifs is 1. The highest BCUT2D eigenvalue weighted by Gasteiger charge is 2.21. The second kappa shape index (κ2) is 5.85. The van der Waals surface area contributed by atoms with Gasteiger partial charge in [-0.15, -0.1) is 12.4 Å². The van der Waals surface area contributed by atoms with Crippen LogP contribution in [0.25, 0.3) is 0 Å². The van der Waals surface area contributed by atoms with Crippen molar-refractivity contribution in [3.8, 4) is 0 Å². The van der Waals surface area contributed by atoms with Gasteiger partial charge in [0.2, 0.25) is 0 Å². The topological polar surface area (TPSA) is 33.1 Å². The van der Waals surface area contributed by atoms with Gasteiger partial charge in [-0.25, -0.2) is 4.98 Å². The molecule has 2 aliphatic rings. The molecule has 0 aromatic carbocycles. The van der Waals surface area contributed by atoms with E-state index in [-0.39, 0.29) is 12.4 Å². The van der Waals surface area contributed by atoms with E-state index in [0.717, 1.165) is 19.0 Å². The molecule has 0 amide bonds. The van der Waals surface area contributed by atoms with Crippen LogP contribution in [0.15, 0.2) is 12.4 Å². The van der Waals surface area contributed by atoms with Gasteiger partial charge in [-0.2, -0.15) is 0 Å². The molecule has 1 unspecified atom stereocenters. The van der Waals surface area contributed by atoms with E-state index in [2.05, 4.69) is 26.0 Å². The molecule has 0 saturated carbocycles. The lowest BCUT2D eigenvalue weighted by molar-refractivity contribution is 0.170. The molecule has 96 valence electrons. The minimum Gasteiger partial charge on any atom is -0.333 e. The molecule has 0 aliphatic carbocycles. The normalized spacial score (nSPS) is 25.1. The van der Waals surface area contributed by atoms with Crippen LogP contribution < -0.4 is 5.32 Å². The van der Waals surface area contributed by atoms with E-state index in [1.165, 1.54) is 44.8 Å². The van der Waals surface area contributed by atoms with Gasteiger partial charge >= 0.3 is 0 Å². The van der Waals surface area contributed by atoms with Gasteiger partial charge in [-0.1, -0.05) is 0 Å². The Balaban J connectivity index is 0.00000108. The first-order valence-electron chi connectivity index (χ1n) is 6.35. The summed E-state index contributed by atoms with van der Waals surface area (Å²) in [6.07, 6.45) is 6.74. The Labute approximate surface area is 109 Å². The summed E-state index contributed by atoms with van der Waals surface area (Å²) < 4.78 is 2.27. The van der Waals surface area contributed by atoms with E-state index in [9.17, 15) is 0 Å². The Morgan fingerprint density at radius 1 is 1.41 bits per heavy atom. The number of aromatic nitrogens is 2. The molecule has 2 aliphatic heterocycles. The summed E-state index contributed by atoms with van der Waals surface area (Å²) in [5.41, 5.74) is 0. The molecule has 17 heavy (non-hydrogen) atoms. The van der Waals surface area contributed by atoms with E-state index in [0.29, 0.717) is 0 Å². The maximum atomic E-state index is 4.41. The molecule has 1 N–H and O–H groups in total. The van der Waals surface area contributed by atoms with E-state index < -0.39 is 0 Å². The summed E-state index contributed by atoms with van der Waals surface area (Å²) in [4.78, 5) is 6.96. The zero-order valence-corrected chi connectivity index (χ0v) is 11.0. The highest BCUT2D eigenvalue weighted by atomic mass is 35.5. The highest BCUT2D eigenvalue weighted by Crippen LogP contribution is 2.16. The second-order valence-electron chi connectivity index (χ2n) is 4.98. The van der Waals surface area contributed by atoms with Crippen LogP contribution in [0.4, 0.5) is 0 Å². The summed E-state index contributed by atoms with van der Waals surface area (Å²) >= 11 is 0. The van der Waals surface area contributed by atoms with Crippen LogP contribution in [0.1, 0.15) is 18.7 Å². The highest BCUT2D eigenvalue weighted by molar-refractivity contribution is 5.85. The summed E-state index contributed by atoms with van der Waals surface area (Å²) in [5.74, 6) is 2.07. The summed E-state index contributed by atoms with van der Waals surface area (Å²) in [6.45, 7) is 6.96. The van der Waals surface area contributed by atoms with Crippen LogP contribution in [0, 0.1) is 5.92 Å². The third-order valence-corrected chi connectivity index (χ3v) is 3.74. The number of imidazole rings is 1. The standard InChI is InChI=1S/C12H20N4.ClH/c1-2-11(8-13-3-1)9-15-6-7-16-5-4-14-12(16)10-15;/h4-5,11,13H,1-3,6-10H2;1H. The van der Waals surface area contributed by atoms with Crippen molar-refractivity contribution >= 4 is 12.4 Å². The van der Waals surface area contributed by atoms with Crippen LogP contribution in [-0.2, 0) is 13.1 Å². The molecule has 1 aromatic heterocycles. The van der Waals surface area contributed by atoms with Crippen molar-refractivity contribution in [3.63, 3.8) is 0 Å². The van der Waals surface area contributed by atoms with Gasteiger partial charge in [0.15, 0.2) is 0 Å². The molecule has 0 radical (unpaired) electrons. The average Bonchev–Trinajstić information content (AvgIpc) is 2.77. The fourth-order valence-corrected chi connectivity index (χ4v) is 2.82. The SMILES string of the molecule is Cl.c1cn2c(n1)CN(CC1CCCNC1)CC2. The lowest BCUT2D eigenvalue weighted by Gasteiger charge is -2.32. The van der Waals surface area contributed by atoms with Crippen molar-refractivity contribution in [2.24, 2.45) is 5.92 Å². The van der Waals surface area contributed by atoms with Gasteiger partial charge < -0.3 is 9.88 Å². The minimum atomic E-state index is 0. The number of rotatable bonds is 2. The first-order valence-corrected chi connectivity index (χ1v) is 6.35. The number of nitrogens with zero attached hydrogens (tertiary/aromatic N) is 3. The fraction of sp³-hybridized carbons (Fsp3) is 0.750. The number of hydrogen-bond donors (Lipinski definition) is 1. The second-order valence-corrected chi connectivity index (χ2v) is 4.98. The van der Waals surface area contributed by atoms with Crippen LogP contribution in [-0.4, -0.2) is 40.6 Å². The van der Waals surface area contributed by atoms with Crippen LogP contribution in [0.5, 0.6) is 0 Å². The first kappa shape index (κ1) is 12.9. The van der Waals surface area contributed by atoms with Crippen molar-refractivity contribution in [3.05, 3.63) is 18.2 Å². The number of hydrogen-bond acceptors (Lipinski definition) is 3. The largest absolute Gasteiger partial charge is 0.333 e. The number of piperidine rings is 1. The smallest absolute Gasteiger partial charge is 0.122 e. The Morgan fingerprint density at radius 2 is 2.35 bits per heavy atom. The predicted octanol–water partition coefficient (Wildman–Crippen LogP) is 1.12. The van der Waals surface area contributed by atoms with E-state index in [1.807, 2.05) is 6.20 Å². The maximum absolute atomic E-state index is 4.41. The molecule has 3 rings (SSSR count). The van der Waals surface area contributed by atoms with Gasteiger partial charge in [-0.3, -0.25) is 4.90 Å². The molecular weight excluding hydrogens is 236 g/mol. The van der Waals surface area contributed by atoms with Gasteiger partial charge in [-0.05, 0) is 31.8 Å². The predicted molar refractivity (Wildman–Crippen MR) is 70.3 cm³/mol. The monoisotopic (exact) mass is 256 g/mol. The van der Waals surface area contributed by atoms with Crippen LogP contribution in [0.3, 0.4) is 0 Å². The van der Waals surface area contributed by atoms with E-state index >= 15 is 0 Å². The summed E-state index contributed by atoms with van der Waals surface area (Å²) in [6, 6.07) is 0. The van der Waals surface area contributed by atoms with Gasteiger partial charge in [0, 0.05) is 32.0 Å². The summed E-state index contributed by atoms with van der Waals surface area (Å²) in [7, 11) is 0. The first-order chi connectivity index (χ1) is 7.92. The third kappa shape index (κ3) is 3.00. The molecule has 0 spiro atoms. The molecule has 1 aromatic rings. The maximum Gasteiger partial charge on any atom is 0.122 e. The summed E-state index contributed by atoms with van der Waals surface area (Å²) in [5, 5.41) is 3.49. The molecule has 1 atom stereocenters. The van der Waals surface area contributed by atoms with E-state index in [4.69, 9.17) is 0 Å². The lowest BCUT2D eigenvalue weighted by atomic mass is 9.99. The van der Waals surface area contributed by atoms with Crippen LogP contribution in [0.2, 0.25) is 0 Å². The zero-order valence-electron chi connectivity index (χ0n) is 10.1. The molecule has 5 heteroatoms. The van der Waals surface area contributed by atoms with Gasteiger partial charge in [0.25, 0.3) is 0 Å². The van der Waals surface area contributed by atoms with Crippen molar-refractivity contribution in [1.82, 2.24) is 19.8 Å². The molecule has 1 saturated heterocycles. The Hall–Kier alpha value is -0.580. The fourth-order valence-electron chi connectivity index (χ4n) is 2.82. The van der Waals surface area contributed by atoms with Crippen molar-refractivity contribution in [1.29, 1.82) is 0 Å². The minimum absolute atomic E-state index is 0. The molecule has 3 heterocycles. The van der Waals surface area contributed by atoms with Gasteiger partial charge in [0.1, 0.15) is 5.82 Å². The Kier molecular flexibility index (Phi) is 4.42. The van der Waals surface area contributed by atoms with Crippen LogP contribution >= 0.6 is 12.4 Å². The number of halogens is 1. The Bertz CT molecular complexity index is 346. The van der Waals surface area contributed by atoms with Crippen molar-refractivity contribution in [2.75, 3.05) is 26.2 Å². The molecule has 1 fully saturated rings. The van der Waals surface area contributed by atoms with E-state index in [1.54, 1.807) is 0 Å². The third-order valence-electron chi connectivity index (χ3n) is 3.74. The number of nitrogens with one attached hydrogen (secondary N) is 1.